The molecule has 0 fully saturated rings. The molecule has 0 radical (unpaired) electrons. The van der Waals surface area contributed by atoms with Crippen LogP contribution in [0.4, 0.5) is 5.69 Å². The van der Waals surface area contributed by atoms with Gasteiger partial charge < -0.3 is 10.6 Å². The van der Waals surface area contributed by atoms with E-state index in [0.29, 0.717) is 5.02 Å². The molecule has 1 atom stereocenters. The maximum atomic E-state index is 11.9. The fraction of sp³-hybridized carbons (Fsp3) is 0.188. The lowest BCUT2D eigenvalue weighted by Gasteiger charge is -2.14. The normalized spacial score (nSPS) is 12.0. The van der Waals surface area contributed by atoms with E-state index in [4.69, 9.17) is 11.6 Å². The summed E-state index contributed by atoms with van der Waals surface area (Å²) in [6.45, 7) is 2.27. The first-order valence-electron chi connectivity index (χ1n) is 6.59. The number of anilines is 1. The van der Waals surface area contributed by atoms with Gasteiger partial charge in [-0.2, -0.15) is 0 Å². The zero-order chi connectivity index (χ0) is 15.2. The van der Waals surface area contributed by atoms with Crippen LogP contribution in [0.25, 0.3) is 0 Å². The van der Waals surface area contributed by atoms with Gasteiger partial charge in [0.05, 0.1) is 6.54 Å². The molecule has 5 heteroatoms. The van der Waals surface area contributed by atoms with Crippen LogP contribution in [0.2, 0.25) is 5.02 Å². The Balaban J connectivity index is 1.84. The van der Waals surface area contributed by atoms with E-state index in [9.17, 15) is 4.79 Å². The highest BCUT2D eigenvalue weighted by Crippen LogP contribution is 2.17. The van der Waals surface area contributed by atoms with Crippen molar-refractivity contribution in [3.63, 3.8) is 0 Å². The number of nitrogens with one attached hydrogen (secondary N) is 2. The SMILES string of the molecule is CC(NCC(=O)Nc1ccc(Cl)cc1)c1cccc(Br)c1. The second-order valence-corrected chi connectivity index (χ2v) is 6.06. The number of hydrogen-bond donors (Lipinski definition) is 2. The van der Waals surface area contributed by atoms with Gasteiger partial charge in [0, 0.05) is 21.2 Å². The highest BCUT2D eigenvalue weighted by atomic mass is 79.9. The number of amides is 1. The highest BCUT2D eigenvalue weighted by Gasteiger charge is 2.08. The van der Waals surface area contributed by atoms with E-state index in [1.54, 1.807) is 24.3 Å². The van der Waals surface area contributed by atoms with E-state index in [1.165, 1.54) is 0 Å². The molecule has 0 bridgehead atoms. The summed E-state index contributed by atoms with van der Waals surface area (Å²) in [4.78, 5) is 11.9. The van der Waals surface area contributed by atoms with Crippen molar-refractivity contribution < 1.29 is 4.79 Å². The van der Waals surface area contributed by atoms with Gasteiger partial charge in [-0.3, -0.25) is 4.79 Å². The maximum absolute atomic E-state index is 11.9. The summed E-state index contributed by atoms with van der Waals surface area (Å²) in [5.74, 6) is -0.0841. The van der Waals surface area contributed by atoms with E-state index < -0.39 is 0 Å². The Bertz CT molecular complexity index is 616. The standard InChI is InChI=1S/C16H16BrClN2O/c1-11(12-3-2-4-13(17)9-12)19-10-16(21)20-15-7-5-14(18)6-8-15/h2-9,11,19H,10H2,1H3,(H,20,21). The number of rotatable bonds is 5. The van der Waals surface area contributed by atoms with E-state index in [-0.39, 0.29) is 18.5 Å². The minimum atomic E-state index is -0.0841. The Morgan fingerprint density at radius 3 is 2.62 bits per heavy atom. The second kappa shape index (κ2) is 7.59. The summed E-state index contributed by atoms with van der Waals surface area (Å²) in [6.07, 6.45) is 0. The van der Waals surface area contributed by atoms with Crippen molar-refractivity contribution in [3.8, 4) is 0 Å². The summed E-state index contributed by atoms with van der Waals surface area (Å²) in [5.41, 5.74) is 1.87. The molecule has 21 heavy (non-hydrogen) atoms. The minimum Gasteiger partial charge on any atom is -0.325 e. The summed E-state index contributed by atoms with van der Waals surface area (Å²) in [6, 6.07) is 15.2. The van der Waals surface area contributed by atoms with Crippen LogP contribution in [0.15, 0.2) is 53.0 Å². The zero-order valence-electron chi connectivity index (χ0n) is 11.6. The molecule has 2 aromatic rings. The summed E-state index contributed by atoms with van der Waals surface area (Å²) in [7, 11) is 0. The molecule has 0 saturated carbocycles. The van der Waals surface area contributed by atoms with Crippen molar-refractivity contribution >= 4 is 39.1 Å². The number of carbonyl (C=O) groups excluding carboxylic acids is 1. The summed E-state index contributed by atoms with van der Waals surface area (Å²) in [5, 5.41) is 6.66. The molecule has 110 valence electrons. The zero-order valence-corrected chi connectivity index (χ0v) is 13.9. The molecule has 0 aliphatic rings. The Kier molecular flexibility index (Phi) is 5.79. The van der Waals surface area contributed by atoms with Gasteiger partial charge in [0.25, 0.3) is 0 Å². The maximum Gasteiger partial charge on any atom is 0.238 e. The Labute approximate surface area is 137 Å². The van der Waals surface area contributed by atoms with Crippen molar-refractivity contribution in [1.29, 1.82) is 0 Å². The Morgan fingerprint density at radius 1 is 1.24 bits per heavy atom. The molecular formula is C16H16BrClN2O. The lowest BCUT2D eigenvalue weighted by Crippen LogP contribution is -2.30. The first-order valence-corrected chi connectivity index (χ1v) is 7.76. The number of halogens is 2. The van der Waals surface area contributed by atoms with Gasteiger partial charge in [-0.15, -0.1) is 0 Å². The third kappa shape index (κ3) is 5.16. The van der Waals surface area contributed by atoms with E-state index in [2.05, 4.69) is 26.6 Å². The van der Waals surface area contributed by atoms with Gasteiger partial charge in [0.2, 0.25) is 5.91 Å². The molecule has 0 heterocycles. The minimum absolute atomic E-state index is 0.0841. The fourth-order valence-corrected chi connectivity index (χ4v) is 2.42. The fourth-order valence-electron chi connectivity index (χ4n) is 1.88. The van der Waals surface area contributed by atoms with Crippen LogP contribution >= 0.6 is 27.5 Å². The van der Waals surface area contributed by atoms with Gasteiger partial charge in [-0.1, -0.05) is 39.7 Å². The van der Waals surface area contributed by atoms with Crippen LogP contribution in [-0.2, 0) is 4.79 Å². The molecule has 2 N–H and O–H groups in total. The molecule has 1 amide bonds. The number of hydrogen-bond acceptors (Lipinski definition) is 2. The third-order valence-electron chi connectivity index (χ3n) is 3.05. The molecule has 0 saturated heterocycles. The molecular weight excluding hydrogens is 352 g/mol. The third-order valence-corrected chi connectivity index (χ3v) is 3.79. The first-order chi connectivity index (χ1) is 10.0. The molecule has 2 rings (SSSR count). The number of carbonyl (C=O) groups is 1. The van der Waals surface area contributed by atoms with Crippen LogP contribution in [0.3, 0.4) is 0 Å². The Morgan fingerprint density at radius 2 is 1.95 bits per heavy atom. The van der Waals surface area contributed by atoms with Gasteiger partial charge in [-0.05, 0) is 48.9 Å². The smallest absolute Gasteiger partial charge is 0.238 e. The predicted molar refractivity (Wildman–Crippen MR) is 90.6 cm³/mol. The van der Waals surface area contributed by atoms with Gasteiger partial charge in [-0.25, -0.2) is 0 Å². The van der Waals surface area contributed by atoms with Crippen molar-refractivity contribution in [2.45, 2.75) is 13.0 Å². The monoisotopic (exact) mass is 366 g/mol. The summed E-state index contributed by atoms with van der Waals surface area (Å²) >= 11 is 9.25. The van der Waals surface area contributed by atoms with E-state index in [1.807, 2.05) is 31.2 Å². The van der Waals surface area contributed by atoms with Crippen LogP contribution in [0, 0.1) is 0 Å². The Hall–Kier alpha value is -1.36. The van der Waals surface area contributed by atoms with Crippen LogP contribution in [0.1, 0.15) is 18.5 Å². The quantitative estimate of drug-likeness (QED) is 0.823. The molecule has 0 aliphatic heterocycles. The molecule has 1 unspecified atom stereocenters. The van der Waals surface area contributed by atoms with Crippen LogP contribution < -0.4 is 10.6 Å². The van der Waals surface area contributed by atoms with Gasteiger partial charge in [0.15, 0.2) is 0 Å². The topological polar surface area (TPSA) is 41.1 Å². The first kappa shape index (κ1) is 16.0. The molecule has 0 spiro atoms. The molecule has 2 aromatic carbocycles. The average molecular weight is 368 g/mol. The van der Waals surface area contributed by atoms with Crippen molar-refractivity contribution in [2.24, 2.45) is 0 Å². The van der Waals surface area contributed by atoms with Crippen LogP contribution in [-0.4, -0.2) is 12.5 Å². The van der Waals surface area contributed by atoms with Crippen molar-refractivity contribution in [3.05, 3.63) is 63.6 Å². The van der Waals surface area contributed by atoms with Crippen LogP contribution in [0.5, 0.6) is 0 Å². The average Bonchev–Trinajstić information content (AvgIpc) is 2.47. The van der Waals surface area contributed by atoms with E-state index in [0.717, 1.165) is 15.7 Å². The van der Waals surface area contributed by atoms with Crippen molar-refractivity contribution in [2.75, 3.05) is 11.9 Å². The lowest BCUT2D eigenvalue weighted by atomic mass is 10.1. The largest absolute Gasteiger partial charge is 0.325 e. The van der Waals surface area contributed by atoms with E-state index >= 15 is 0 Å². The number of benzene rings is 2. The highest BCUT2D eigenvalue weighted by molar-refractivity contribution is 9.10. The second-order valence-electron chi connectivity index (χ2n) is 4.71. The predicted octanol–water partition coefficient (Wildman–Crippen LogP) is 4.39. The van der Waals surface area contributed by atoms with Gasteiger partial charge >= 0.3 is 0 Å². The molecule has 0 aromatic heterocycles. The molecule has 0 aliphatic carbocycles. The summed E-state index contributed by atoms with van der Waals surface area (Å²) < 4.78 is 1.03. The van der Waals surface area contributed by atoms with Crippen molar-refractivity contribution in [1.82, 2.24) is 5.32 Å². The van der Waals surface area contributed by atoms with Gasteiger partial charge in [0.1, 0.15) is 0 Å². The lowest BCUT2D eigenvalue weighted by molar-refractivity contribution is -0.115. The molecule has 3 nitrogen and oxygen atoms in total.